The number of methoxy groups -OCH3 is 2. The molecule has 0 spiro atoms. The molecule has 9 heteroatoms. The average Bonchev–Trinajstić information content (AvgIpc) is 3.26. The zero-order chi connectivity index (χ0) is 24.1. The van der Waals surface area contributed by atoms with E-state index in [0.29, 0.717) is 39.9 Å². The fraction of sp³-hybridized carbons (Fsp3) is 0.160. The smallest absolute Gasteiger partial charge is 0.264 e. The summed E-state index contributed by atoms with van der Waals surface area (Å²) in [6.45, 7) is 1.83. The molecule has 1 heterocycles. The molecule has 0 aliphatic heterocycles. The van der Waals surface area contributed by atoms with Gasteiger partial charge in [0.15, 0.2) is 28.8 Å². The quantitative estimate of drug-likeness (QED) is 0.370. The Balaban J connectivity index is 1.39. The standard InChI is InChI=1S/C25H23N3O5S/c1-15-4-8-18(9-5-15)32-14-23(29)28-25(34)26-17-7-11-20-19(13-17)27-24(33-20)16-6-10-21(30-2)22(12-16)31-3/h4-13H,14H2,1-3H3,(H2,26,28,29,34). The van der Waals surface area contributed by atoms with Gasteiger partial charge < -0.3 is 23.9 Å². The van der Waals surface area contributed by atoms with Gasteiger partial charge >= 0.3 is 0 Å². The second-order valence-electron chi connectivity index (χ2n) is 7.38. The number of oxazole rings is 1. The van der Waals surface area contributed by atoms with Gasteiger partial charge in [-0.25, -0.2) is 4.98 Å². The summed E-state index contributed by atoms with van der Waals surface area (Å²) in [4.78, 5) is 16.7. The lowest BCUT2D eigenvalue weighted by atomic mass is 10.2. The highest BCUT2D eigenvalue weighted by Gasteiger charge is 2.13. The van der Waals surface area contributed by atoms with Gasteiger partial charge in [0.05, 0.1) is 14.2 Å². The van der Waals surface area contributed by atoms with Gasteiger partial charge in [-0.05, 0) is 67.7 Å². The van der Waals surface area contributed by atoms with Crippen LogP contribution in [-0.2, 0) is 4.79 Å². The van der Waals surface area contributed by atoms with Crippen LogP contribution in [0, 0.1) is 6.92 Å². The predicted molar refractivity (Wildman–Crippen MR) is 134 cm³/mol. The molecule has 34 heavy (non-hydrogen) atoms. The van der Waals surface area contributed by atoms with Gasteiger partial charge in [-0.1, -0.05) is 17.7 Å². The third-order valence-corrected chi connectivity index (χ3v) is 5.12. The number of hydrogen-bond donors (Lipinski definition) is 2. The number of anilines is 1. The van der Waals surface area contributed by atoms with Crippen molar-refractivity contribution in [1.29, 1.82) is 0 Å². The molecule has 2 N–H and O–H groups in total. The van der Waals surface area contributed by atoms with Gasteiger partial charge in [0, 0.05) is 11.3 Å². The summed E-state index contributed by atoms with van der Waals surface area (Å²) in [7, 11) is 3.15. The Morgan fingerprint density at radius 3 is 2.50 bits per heavy atom. The molecule has 0 fully saturated rings. The Kier molecular flexibility index (Phi) is 6.93. The van der Waals surface area contributed by atoms with E-state index in [9.17, 15) is 4.79 Å². The summed E-state index contributed by atoms with van der Waals surface area (Å²) in [6, 6.07) is 18.2. The van der Waals surface area contributed by atoms with E-state index >= 15 is 0 Å². The van der Waals surface area contributed by atoms with Crippen molar-refractivity contribution in [2.75, 3.05) is 26.1 Å². The molecule has 1 amide bonds. The third-order valence-electron chi connectivity index (χ3n) is 4.92. The van der Waals surface area contributed by atoms with Gasteiger partial charge in [-0.2, -0.15) is 0 Å². The molecular weight excluding hydrogens is 454 g/mol. The van der Waals surface area contributed by atoms with E-state index in [-0.39, 0.29) is 17.6 Å². The SMILES string of the molecule is COc1ccc(-c2nc3cc(NC(=S)NC(=O)COc4ccc(C)cc4)ccc3o2)cc1OC. The molecule has 0 unspecified atom stereocenters. The lowest BCUT2D eigenvalue weighted by Crippen LogP contribution is -2.37. The number of amides is 1. The highest BCUT2D eigenvalue weighted by atomic mass is 32.1. The van der Waals surface area contributed by atoms with Crippen molar-refractivity contribution in [3.63, 3.8) is 0 Å². The maximum absolute atomic E-state index is 12.1. The number of aryl methyl sites for hydroxylation is 1. The largest absolute Gasteiger partial charge is 0.493 e. The predicted octanol–water partition coefficient (Wildman–Crippen LogP) is 4.71. The van der Waals surface area contributed by atoms with Crippen molar-refractivity contribution >= 4 is 40.0 Å². The number of nitrogens with one attached hydrogen (secondary N) is 2. The minimum absolute atomic E-state index is 0.151. The molecule has 0 aliphatic carbocycles. The molecule has 4 rings (SSSR count). The molecule has 8 nitrogen and oxygen atoms in total. The highest BCUT2D eigenvalue weighted by molar-refractivity contribution is 7.80. The normalized spacial score (nSPS) is 10.6. The molecule has 0 aliphatic rings. The van der Waals surface area contributed by atoms with Crippen LogP contribution in [0.4, 0.5) is 5.69 Å². The van der Waals surface area contributed by atoms with Gasteiger partial charge in [-0.3, -0.25) is 10.1 Å². The minimum atomic E-state index is -0.365. The summed E-state index contributed by atoms with van der Waals surface area (Å²) >= 11 is 5.25. The number of hydrogen-bond acceptors (Lipinski definition) is 7. The van der Waals surface area contributed by atoms with E-state index < -0.39 is 0 Å². The summed E-state index contributed by atoms with van der Waals surface area (Å²) in [5.74, 6) is 1.89. The van der Waals surface area contributed by atoms with Gasteiger partial charge in [0.2, 0.25) is 5.89 Å². The fourth-order valence-electron chi connectivity index (χ4n) is 3.21. The van der Waals surface area contributed by atoms with Crippen LogP contribution in [0.2, 0.25) is 0 Å². The second kappa shape index (κ2) is 10.2. The van der Waals surface area contributed by atoms with Crippen molar-refractivity contribution in [3.05, 3.63) is 66.2 Å². The molecule has 0 saturated heterocycles. The van der Waals surface area contributed by atoms with Crippen LogP contribution in [-0.4, -0.2) is 36.8 Å². The van der Waals surface area contributed by atoms with Crippen LogP contribution in [0.15, 0.2) is 65.1 Å². The van der Waals surface area contributed by atoms with E-state index in [1.54, 1.807) is 44.6 Å². The minimum Gasteiger partial charge on any atom is -0.493 e. The number of rotatable bonds is 7. The number of nitrogens with zero attached hydrogens (tertiary/aromatic N) is 1. The van der Waals surface area contributed by atoms with Crippen LogP contribution in [0.1, 0.15) is 5.56 Å². The Morgan fingerprint density at radius 2 is 1.76 bits per heavy atom. The molecule has 0 bridgehead atoms. The summed E-state index contributed by atoms with van der Waals surface area (Å²) in [6.07, 6.45) is 0. The molecule has 1 aromatic heterocycles. The Morgan fingerprint density at radius 1 is 1.00 bits per heavy atom. The van der Waals surface area contributed by atoms with Gasteiger partial charge in [-0.15, -0.1) is 0 Å². The summed E-state index contributed by atoms with van der Waals surface area (Å²) in [5, 5.41) is 5.73. The number of carbonyl (C=O) groups is 1. The maximum atomic E-state index is 12.1. The zero-order valence-electron chi connectivity index (χ0n) is 18.9. The third kappa shape index (κ3) is 5.44. The number of aromatic nitrogens is 1. The number of thiocarbonyl (C=S) groups is 1. The van der Waals surface area contributed by atoms with Crippen molar-refractivity contribution in [3.8, 4) is 28.7 Å². The van der Waals surface area contributed by atoms with E-state index in [0.717, 1.165) is 11.1 Å². The lowest BCUT2D eigenvalue weighted by molar-refractivity contribution is -0.121. The molecule has 0 atom stereocenters. The monoisotopic (exact) mass is 477 g/mol. The molecule has 4 aromatic rings. The van der Waals surface area contributed by atoms with Crippen molar-refractivity contribution in [2.45, 2.75) is 6.92 Å². The topological polar surface area (TPSA) is 94.9 Å². The first kappa shape index (κ1) is 23.1. The van der Waals surface area contributed by atoms with Crippen molar-refractivity contribution < 1.29 is 23.4 Å². The van der Waals surface area contributed by atoms with Crippen LogP contribution in [0.5, 0.6) is 17.2 Å². The Hall–Kier alpha value is -4.11. The van der Waals surface area contributed by atoms with Gasteiger partial charge in [0.1, 0.15) is 11.3 Å². The van der Waals surface area contributed by atoms with E-state index in [1.165, 1.54) is 0 Å². The molecular formula is C25H23N3O5S. The fourth-order valence-corrected chi connectivity index (χ4v) is 3.44. The van der Waals surface area contributed by atoms with E-state index in [2.05, 4.69) is 15.6 Å². The summed E-state index contributed by atoms with van der Waals surface area (Å²) in [5.41, 5.74) is 3.76. The molecule has 174 valence electrons. The van der Waals surface area contributed by atoms with Crippen molar-refractivity contribution in [2.24, 2.45) is 0 Å². The number of ether oxygens (including phenoxy) is 3. The number of carbonyl (C=O) groups excluding carboxylic acids is 1. The second-order valence-corrected chi connectivity index (χ2v) is 7.78. The van der Waals surface area contributed by atoms with Gasteiger partial charge in [0.25, 0.3) is 5.91 Å². The number of fused-ring (bicyclic) bond motifs is 1. The Labute approximate surface area is 201 Å². The van der Waals surface area contributed by atoms with Crippen molar-refractivity contribution in [1.82, 2.24) is 10.3 Å². The van der Waals surface area contributed by atoms with E-state index in [4.69, 9.17) is 30.8 Å². The molecule has 0 saturated carbocycles. The summed E-state index contributed by atoms with van der Waals surface area (Å²) < 4.78 is 22.0. The Bertz CT molecular complexity index is 1330. The molecule has 3 aromatic carbocycles. The first-order valence-corrected chi connectivity index (χ1v) is 10.8. The average molecular weight is 478 g/mol. The van der Waals surface area contributed by atoms with E-state index in [1.807, 2.05) is 37.3 Å². The lowest BCUT2D eigenvalue weighted by Gasteiger charge is -2.10. The van der Waals surface area contributed by atoms with Crippen LogP contribution >= 0.6 is 12.2 Å². The first-order valence-electron chi connectivity index (χ1n) is 10.4. The number of benzene rings is 3. The highest BCUT2D eigenvalue weighted by Crippen LogP contribution is 2.33. The van der Waals surface area contributed by atoms with Crippen LogP contribution in [0.25, 0.3) is 22.6 Å². The van der Waals surface area contributed by atoms with Crippen LogP contribution < -0.4 is 24.8 Å². The first-order chi connectivity index (χ1) is 16.4. The molecule has 0 radical (unpaired) electrons. The van der Waals surface area contributed by atoms with Crippen LogP contribution in [0.3, 0.4) is 0 Å². The maximum Gasteiger partial charge on any atom is 0.264 e. The zero-order valence-corrected chi connectivity index (χ0v) is 19.7.